The fourth-order valence-electron chi connectivity index (χ4n) is 2.58. The number of rotatable bonds is 1. The number of hydrogen-bond donors (Lipinski definition) is 1. The Hall–Kier alpha value is -0.0400. The largest absolute Gasteiger partial charge is 0.313 e. The molecule has 1 saturated carbocycles. The molecule has 1 N–H and O–H groups in total. The van der Waals surface area contributed by atoms with Crippen LogP contribution in [0.15, 0.2) is 0 Å². The predicted octanol–water partition coefficient (Wildman–Crippen LogP) is 1.78. The zero-order valence-electron chi connectivity index (χ0n) is 6.77. The lowest BCUT2D eigenvalue weighted by atomic mass is 9.73. The summed E-state index contributed by atoms with van der Waals surface area (Å²) >= 11 is 0. The second-order valence-electron chi connectivity index (χ2n) is 3.86. The van der Waals surface area contributed by atoms with E-state index >= 15 is 0 Å². The number of nitrogens with one attached hydrogen (secondary N) is 1. The monoisotopic (exact) mass is 139 g/mol. The second kappa shape index (κ2) is 2.54. The minimum Gasteiger partial charge on any atom is -0.313 e. The van der Waals surface area contributed by atoms with Crippen molar-refractivity contribution in [3.8, 4) is 0 Å². The fraction of sp³-hybridized carbons (Fsp3) is 1.00. The van der Waals surface area contributed by atoms with E-state index in [1.807, 2.05) is 0 Å². The molecule has 2 bridgehead atoms. The highest BCUT2D eigenvalue weighted by Gasteiger charge is 2.33. The molecule has 1 nitrogen and oxygen atoms in total. The van der Waals surface area contributed by atoms with Crippen molar-refractivity contribution >= 4 is 0 Å². The summed E-state index contributed by atoms with van der Waals surface area (Å²) in [7, 11) is 0. The van der Waals surface area contributed by atoms with Gasteiger partial charge in [-0.05, 0) is 37.6 Å². The van der Waals surface area contributed by atoms with Crippen molar-refractivity contribution in [2.24, 2.45) is 11.8 Å². The maximum atomic E-state index is 3.62. The quantitative estimate of drug-likeness (QED) is 0.584. The van der Waals surface area contributed by atoms with Crippen molar-refractivity contribution in [2.45, 2.75) is 38.6 Å². The Bertz CT molecular complexity index is 114. The van der Waals surface area contributed by atoms with Crippen LogP contribution in [-0.4, -0.2) is 12.6 Å². The summed E-state index contributed by atoms with van der Waals surface area (Å²) in [5, 5.41) is 3.62. The van der Waals surface area contributed by atoms with Gasteiger partial charge in [-0.1, -0.05) is 13.3 Å². The molecular formula is C9H17N. The van der Waals surface area contributed by atoms with Gasteiger partial charge in [-0.25, -0.2) is 0 Å². The third-order valence-electron chi connectivity index (χ3n) is 3.28. The predicted molar refractivity (Wildman–Crippen MR) is 42.9 cm³/mol. The Morgan fingerprint density at radius 2 is 2.30 bits per heavy atom. The maximum absolute atomic E-state index is 3.62. The molecule has 3 rings (SSSR count). The van der Waals surface area contributed by atoms with E-state index in [1.165, 1.54) is 32.2 Å². The lowest BCUT2D eigenvalue weighted by Crippen LogP contribution is -2.49. The molecule has 3 unspecified atom stereocenters. The lowest BCUT2D eigenvalue weighted by Gasteiger charge is -2.43. The van der Waals surface area contributed by atoms with Gasteiger partial charge in [-0.3, -0.25) is 0 Å². The molecule has 10 heavy (non-hydrogen) atoms. The van der Waals surface area contributed by atoms with Gasteiger partial charge >= 0.3 is 0 Å². The van der Waals surface area contributed by atoms with Crippen molar-refractivity contribution in [1.82, 2.24) is 5.32 Å². The lowest BCUT2D eigenvalue weighted by molar-refractivity contribution is 0.135. The molecule has 1 aliphatic carbocycles. The Morgan fingerprint density at radius 3 is 2.60 bits per heavy atom. The van der Waals surface area contributed by atoms with Crippen molar-refractivity contribution in [3.63, 3.8) is 0 Å². The van der Waals surface area contributed by atoms with Gasteiger partial charge < -0.3 is 5.32 Å². The molecule has 0 spiro atoms. The normalized spacial score (nSPS) is 45.9. The van der Waals surface area contributed by atoms with Gasteiger partial charge in [0.2, 0.25) is 0 Å². The molecule has 2 heterocycles. The van der Waals surface area contributed by atoms with Crippen LogP contribution >= 0.6 is 0 Å². The van der Waals surface area contributed by atoms with E-state index in [9.17, 15) is 0 Å². The molecule has 0 amide bonds. The van der Waals surface area contributed by atoms with Crippen molar-refractivity contribution in [3.05, 3.63) is 0 Å². The smallest absolute Gasteiger partial charge is 0.00955 e. The van der Waals surface area contributed by atoms with Crippen molar-refractivity contribution in [2.75, 3.05) is 6.54 Å². The molecule has 3 aliphatic rings. The van der Waals surface area contributed by atoms with Crippen LogP contribution in [0.2, 0.25) is 0 Å². The van der Waals surface area contributed by atoms with Gasteiger partial charge in [0.1, 0.15) is 0 Å². The van der Waals surface area contributed by atoms with Crippen LogP contribution in [0.3, 0.4) is 0 Å². The minimum absolute atomic E-state index is 0.884. The van der Waals surface area contributed by atoms with Crippen LogP contribution in [0.5, 0.6) is 0 Å². The Kier molecular flexibility index (Phi) is 1.69. The summed E-state index contributed by atoms with van der Waals surface area (Å²) in [6.45, 7) is 3.63. The number of hydrogen-bond acceptors (Lipinski definition) is 1. The highest BCUT2D eigenvalue weighted by molar-refractivity contribution is 4.90. The Morgan fingerprint density at radius 1 is 1.40 bits per heavy atom. The zero-order valence-corrected chi connectivity index (χ0v) is 6.77. The maximum Gasteiger partial charge on any atom is 0.00955 e. The highest BCUT2D eigenvalue weighted by atomic mass is 15.0. The first-order chi connectivity index (χ1) is 4.90. The Labute approximate surface area is 63.2 Å². The fourth-order valence-corrected chi connectivity index (χ4v) is 2.58. The van der Waals surface area contributed by atoms with E-state index in [-0.39, 0.29) is 0 Å². The molecule has 2 aliphatic heterocycles. The van der Waals surface area contributed by atoms with Crippen LogP contribution in [-0.2, 0) is 0 Å². The summed E-state index contributed by atoms with van der Waals surface area (Å²) in [4.78, 5) is 0. The van der Waals surface area contributed by atoms with E-state index < -0.39 is 0 Å². The van der Waals surface area contributed by atoms with Gasteiger partial charge in [0, 0.05) is 6.04 Å². The number of piperidine rings is 2. The van der Waals surface area contributed by atoms with Crippen LogP contribution < -0.4 is 5.32 Å². The first-order valence-corrected chi connectivity index (χ1v) is 4.63. The van der Waals surface area contributed by atoms with E-state index in [1.54, 1.807) is 0 Å². The van der Waals surface area contributed by atoms with Gasteiger partial charge in [-0.2, -0.15) is 0 Å². The van der Waals surface area contributed by atoms with E-state index in [0.29, 0.717) is 0 Å². The molecule has 0 radical (unpaired) electrons. The first-order valence-electron chi connectivity index (χ1n) is 4.63. The van der Waals surface area contributed by atoms with Crippen LogP contribution in [0.25, 0.3) is 0 Å². The first kappa shape index (κ1) is 6.66. The average Bonchev–Trinajstić information content (AvgIpc) is 2.06. The topological polar surface area (TPSA) is 12.0 Å². The molecule has 0 aromatic carbocycles. The molecule has 3 fully saturated rings. The molecular weight excluding hydrogens is 122 g/mol. The number of fused-ring (bicyclic) bond motifs is 3. The zero-order chi connectivity index (χ0) is 6.97. The summed E-state index contributed by atoms with van der Waals surface area (Å²) < 4.78 is 0. The molecule has 0 aromatic rings. The molecule has 2 saturated heterocycles. The molecule has 1 heteroatoms. The summed E-state index contributed by atoms with van der Waals surface area (Å²) in [5.74, 6) is 2.03. The van der Waals surface area contributed by atoms with Crippen LogP contribution in [0.1, 0.15) is 32.6 Å². The van der Waals surface area contributed by atoms with Gasteiger partial charge in [0.15, 0.2) is 0 Å². The van der Waals surface area contributed by atoms with Gasteiger partial charge in [0.05, 0.1) is 0 Å². The van der Waals surface area contributed by atoms with E-state index in [4.69, 9.17) is 0 Å². The molecule has 3 atom stereocenters. The SMILES string of the molecule is CCC1CC2CCC1NC2. The van der Waals surface area contributed by atoms with Crippen molar-refractivity contribution in [1.29, 1.82) is 0 Å². The van der Waals surface area contributed by atoms with Crippen molar-refractivity contribution < 1.29 is 0 Å². The van der Waals surface area contributed by atoms with Crippen LogP contribution in [0.4, 0.5) is 0 Å². The summed E-state index contributed by atoms with van der Waals surface area (Å²) in [5.41, 5.74) is 0. The highest BCUT2D eigenvalue weighted by Crippen LogP contribution is 2.34. The molecule has 0 aromatic heterocycles. The standard InChI is InChI=1S/C9H17N/c1-2-8-5-7-3-4-9(8)10-6-7/h7-10H,2-6H2,1H3. The third-order valence-corrected chi connectivity index (χ3v) is 3.28. The van der Waals surface area contributed by atoms with Gasteiger partial charge in [-0.15, -0.1) is 0 Å². The summed E-state index contributed by atoms with van der Waals surface area (Å²) in [6.07, 6.45) is 5.83. The molecule has 58 valence electrons. The Balaban J connectivity index is 2.01. The van der Waals surface area contributed by atoms with Crippen LogP contribution in [0, 0.1) is 11.8 Å². The summed E-state index contributed by atoms with van der Waals surface area (Å²) in [6, 6.07) is 0.884. The van der Waals surface area contributed by atoms with E-state index in [0.717, 1.165) is 17.9 Å². The second-order valence-corrected chi connectivity index (χ2v) is 3.86. The average molecular weight is 139 g/mol. The minimum atomic E-state index is 0.884. The van der Waals surface area contributed by atoms with Gasteiger partial charge in [0.25, 0.3) is 0 Å². The van der Waals surface area contributed by atoms with E-state index in [2.05, 4.69) is 12.2 Å². The third kappa shape index (κ3) is 0.968.